The summed E-state index contributed by atoms with van der Waals surface area (Å²) in [5.74, 6) is 0.130. The first-order chi connectivity index (χ1) is 15.9. The van der Waals surface area contributed by atoms with E-state index in [2.05, 4.69) is 15.8 Å². The lowest BCUT2D eigenvalue weighted by Gasteiger charge is -2.12. The molecular weight excluding hydrogens is 429 g/mol. The molecule has 170 valence electrons. The number of hydrogen-bond donors (Lipinski definition) is 2. The minimum atomic E-state index is -0.435. The molecule has 0 aliphatic heterocycles. The van der Waals surface area contributed by atoms with Crippen LogP contribution in [0.5, 0.6) is 17.2 Å². The normalized spacial score (nSPS) is 10.5. The maximum atomic E-state index is 13.0. The minimum Gasteiger partial charge on any atom is -0.493 e. The highest BCUT2D eigenvalue weighted by molar-refractivity contribution is 6.04. The number of carbonyl (C=O) groups is 2. The molecule has 0 atom stereocenters. The van der Waals surface area contributed by atoms with Gasteiger partial charge in [0.15, 0.2) is 11.5 Å². The summed E-state index contributed by atoms with van der Waals surface area (Å²) in [7, 11) is 4.52. The molecule has 0 unspecified atom stereocenters. The van der Waals surface area contributed by atoms with E-state index in [1.165, 1.54) is 51.8 Å². The van der Waals surface area contributed by atoms with Gasteiger partial charge in [-0.05, 0) is 60.7 Å². The summed E-state index contributed by atoms with van der Waals surface area (Å²) < 4.78 is 28.8. The quantitative estimate of drug-likeness (QED) is 0.400. The van der Waals surface area contributed by atoms with Gasteiger partial charge in [-0.15, -0.1) is 0 Å². The molecule has 0 radical (unpaired) electrons. The summed E-state index contributed by atoms with van der Waals surface area (Å²) >= 11 is 0. The molecule has 33 heavy (non-hydrogen) atoms. The van der Waals surface area contributed by atoms with Crippen LogP contribution >= 0.6 is 0 Å². The van der Waals surface area contributed by atoms with Crippen LogP contribution < -0.4 is 25.0 Å². The zero-order valence-electron chi connectivity index (χ0n) is 18.2. The van der Waals surface area contributed by atoms with Crippen LogP contribution in [0.2, 0.25) is 0 Å². The number of anilines is 1. The lowest BCUT2D eigenvalue weighted by atomic mass is 10.1. The van der Waals surface area contributed by atoms with Gasteiger partial charge in [-0.2, -0.15) is 5.10 Å². The standard InChI is InChI=1S/C24H22FN3O5/c1-31-20-12-15(13-21(32-2)22(20)33-3)14-26-28-24(30)17-6-10-19(11-7-17)27-23(29)16-4-8-18(25)9-5-16/h4-14H,1-3H3,(H,27,29)(H,28,30). The number of nitrogens with zero attached hydrogens (tertiary/aromatic N) is 1. The topological polar surface area (TPSA) is 98.2 Å². The minimum absolute atomic E-state index is 0.319. The van der Waals surface area contributed by atoms with Crippen molar-refractivity contribution in [2.45, 2.75) is 0 Å². The summed E-state index contributed by atoms with van der Waals surface area (Å²) in [6.45, 7) is 0. The van der Waals surface area contributed by atoms with Gasteiger partial charge in [-0.3, -0.25) is 9.59 Å². The van der Waals surface area contributed by atoms with Gasteiger partial charge in [0.1, 0.15) is 5.82 Å². The Labute approximate surface area is 190 Å². The number of halogens is 1. The van der Waals surface area contributed by atoms with Crippen LogP contribution in [-0.4, -0.2) is 39.4 Å². The van der Waals surface area contributed by atoms with Crippen molar-refractivity contribution in [3.8, 4) is 17.2 Å². The molecule has 0 saturated carbocycles. The molecule has 9 heteroatoms. The summed E-state index contributed by atoms with van der Waals surface area (Å²) in [5, 5.41) is 6.65. The van der Waals surface area contributed by atoms with Crippen LogP contribution in [0.3, 0.4) is 0 Å². The molecule has 0 bridgehead atoms. The first-order valence-corrected chi connectivity index (χ1v) is 9.75. The molecule has 3 aromatic rings. The fraction of sp³-hybridized carbons (Fsp3) is 0.125. The molecule has 0 saturated heterocycles. The Balaban J connectivity index is 1.62. The monoisotopic (exact) mass is 451 g/mol. The van der Waals surface area contributed by atoms with Gasteiger partial charge in [0.2, 0.25) is 5.75 Å². The van der Waals surface area contributed by atoms with Crippen molar-refractivity contribution in [1.82, 2.24) is 5.43 Å². The number of carbonyl (C=O) groups excluding carboxylic acids is 2. The summed E-state index contributed by atoms with van der Waals surface area (Å²) in [6.07, 6.45) is 1.44. The van der Waals surface area contributed by atoms with Crippen LogP contribution in [0.25, 0.3) is 0 Å². The van der Waals surface area contributed by atoms with Gasteiger partial charge >= 0.3 is 0 Å². The van der Waals surface area contributed by atoms with Gasteiger partial charge in [0.05, 0.1) is 27.5 Å². The summed E-state index contributed by atoms with van der Waals surface area (Å²) in [6, 6.07) is 14.8. The zero-order valence-corrected chi connectivity index (χ0v) is 18.2. The number of amides is 2. The van der Waals surface area contributed by atoms with Crippen molar-refractivity contribution in [2.24, 2.45) is 5.10 Å². The van der Waals surface area contributed by atoms with Crippen molar-refractivity contribution in [3.63, 3.8) is 0 Å². The number of ether oxygens (including phenoxy) is 3. The van der Waals surface area contributed by atoms with Crippen LogP contribution in [0.4, 0.5) is 10.1 Å². The molecule has 3 aromatic carbocycles. The number of nitrogens with one attached hydrogen (secondary N) is 2. The Kier molecular flexibility index (Phi) is 7.59. The third kappa shape index (κ3) is 5.85. The van der Waals surface area contributed by atoms with Crippen LogP contribution in [-0.2, 0) is 0 Å². The molecule has 3 rings (SSSR count). The molecule has 0 heterocycles. The van der Waals surface area contributed by atoms with Crippen molar-refractivity contribution in [3.05, 3.63) is 83.2 Å². The highest BCUT2D eigenvalue weighted by atomic mass is 19.1. The molecular formula is C24H22FN3O5. The molecule has 2 amide bonds. The largest absolute Gasteiger partial charge is 0.493 e. The van der Waals surface area contributed by atoms with E-state index in [0.717, 1.165) is 0 Å². The predicted octanol–water partition coefficient (Wildman–Crippen LogP) is 3.87. The Hall–Kier alpha value is -4.40. The van der Waals surface area contributed by atoms with Gasteiger partial charge in [0, 0.05) is 22.4 Å². The van der Waals surface area contributed by atoms with E-state index in [-0.39, 0.29) is 5.91 Å². The fourth-order valence-corrected chi connectivity index (χ4v) is 2.92. The Morgan fingerprint density at radius 3 is 1.91 bits per heavy atom. The number of hydrogen-bond acceptors (Lipinski definition) is 6. The van der Waals surface area contributed by atoms with Gasteiger partial charge < -0.3 is 19.5 Å². The van der Waals surface area contributed by atoms with E-state index in [1.54, 1.807) is 36.4 Å². The number of rotatable bonds is 8. The molecule has 0 fully saturated rings. The average Bonchev–Trinajstić information content (AvgIpc) is 2.84. The Bertz CT molecular complexity index is 1140. The lowest BCUT2D eigenvalue weighted by Crippen LogP contribution is -2.18. The fourth-order valence-electron chi connectivity index (χ4n) is 2.92. The van der Waals surface area contributed by atoms with E-state index < -0.39 is 11.7 Å². The summed E-state index contributed by atoms with van der Waals surface area (Å²) in [4.78, 5) is 24.5. The van der Waals surface area contributed by atoms with E-state index in [9.17, 15) is 14.0 Å². The van der Waals surface area contributed by atoms with Gasteiger partial charge in [0.25, 0.3) is 11.8 Å². The van der Waals surface area contributed by atoms with E-state index in [0.29, 0.717) is 39.6 Å². The highest BCUT2D eigenvalue weighted by Gasteiger charge is 2.12. The van der Waals surface area contributed by atoms with E-state index >= 15 is 0 Å². The second kappa shape index (κ2) is 10.8. The van der Waals surface area contributed by atoms with Crippen molar-refractivity contribution >= 4 is 23.7 Å². The first kappa shape index (κ1) is 23.3. The molecule has 2 N–H and O–H groups in total. The SMILES string of the molecule is COc1cc(C=NNC(=O)c2ccc(NC(=O)c3ccc(F)cc3)cc2)cc(OC)c1OC. The Morgan fingerprint density at radius 1 is 0.818 bits per heavy atom. The smallest absolute Gasteiger partial charge is 0.271 e. The Morgan fingerprint density at radius 2 is 1.36 bits per heavy atom. The molecule has 0 aromatic heterocycles. The highest BCUT2D eigenvalue weighted by Crippen LogP contribution is 2.37. The van der Waals surface area contributed by atoms with E-state index in [4.69, 9.17) is 14.2 Å². The van der Waals surface area contributed by atoms with Crippen molar-refractivity contribution in [2.75, 3.05) is 26.6 Å². The third-order valence-corrected chi connectivity index (χ3v) is 4.58. The van der Waals surface area contributed by atoms with Crippen LogP contribution in [0, 0.1) is 5.82 Å². The average molecular weight is 451 g/mol. The molecule has 0 spiro atoms. The number of hydrazone groups is 1. The zero-order chi connectivity index (χ0) is 23.8. The molecule has 8 nitrogen and oxygen atoms in total. The molecule has 0 aliphatic rings. The summed E-state index contributed by atoms with van der Waals surface area (Å²) in [5.41, 5.74) is 4.22. The van der Waals surface area contributed by atoms with Crippen LogP contribution in [0.1, 0.15) is 26.3 Å². The lowest BCUT2D eigenvalue weighted by molar-refractivity contribution is 0.0954. The second-order valence-corrected chi connectivity index (χ2v) is 6.70. The van der Waals surface area contributed by atoms with E-state index in [1.807, 2.05) is 0 Å². The third-order valence-electron chi connectivity index (χ3n) is 4.58. The number of benzene rings is 3. The maximum Gasteiger partial charge on any atom is 0.271 e. The number of methoxy groups -OCH3 is 3. The van der Waals surface area contributed by atoms with Crippen LogP contribution in [0.15, 0.2) is 65.8 Å². The molecule has 0 aliphatic carbocycles. The van der Waals surface area contributed by atoms with Gasteiger partial charge in [-0.25, -0.2) is 9.82 Å². The predicted molar refractivity (Wildman–Crippen MR) is 122 cm³/mol. The van der Waals surface area contributed by atoms with Crippen molar-refractivity contribution in [1.29, 1.82) is 0 Å². The second-order valence-electron chi connectivity index (χ2n) is 6.70. The first-order valence-electron chi connectivity index (χ1n) is 9.75. The van der Waals surface area contributed by atoms with Gasteiger partial charge in [-0.1, -0.05) is 0 Å². The maximum absolute atomic E-state index is 13.0. The van der Waals surface area contributed by atoms with Crippen molar-refractivity contribution < 1.29 is 28.2 Å².